The van der Waals surface area contributed by atoms with Gasteiger partial charge in [0.1, 0.15) is 16.9 Å². The van der Waals surface area contributed by atoms with Gasteiger partial charge in [-0.25, -0.2) is 0 Å². The van der Waals surface area contributed by atoms with Crippen LogP contribution in [0.5, 0.6) is 0 Å². The van der Waals surface area contributed by atoms with E-state index in [-0.39, 0.29) is 11.8 Å². The number of carbonyl (C=O) groups is 2. The molecule has 0 bridgehead atoms. The molecule has 2 amide bonds. The number of aliphatic hydroxyl groups excluding tert-OH is 4. The summed E-state index contributed by atoms with van der Waals surface area (Å²) in [6, 6.07) is 13.4. The molecule has 2 rings (SSSR count). The highest BCUT2D eigenvalue weighted by molar-refractivity contribution is 5.91. The van der Waals surface area contributed by atoms with Gasteiger partial charge in [0, 0.05) is 24.2 Å². The second-order valence-corrected chi connectivity index (χ2v) is 9.00. The number of benzene rings is 2. The molecule has 6 N–H and O–H groups in total. The van der Waals surface area contributed by atoms with E-state index in [2.05, 4.69) is 10.6 Å². The standard InChI is InChI=1S/C29H38N2O6/c1-3-5-7-27(36)30-23-13-9-21(10-14-23)17-25(34)29(19-32,20-33)26(35)18-22-11-15-24(16-12-22)31-28(37)8-6-4-2/h9-18,32-35H,3-8,19-20H2,1-2H3,(H,30,36)(H,31,37). The summed E-state index contributed by atoms with van der Waals surface area (Å²) in [7, 11) is 0. The van der Waals surface area contributed by atoms with Crippen LogP contribution in [0.4, 0.5) is 11.4 Å². The molecule has 0 heterocycles. The lowest BCUT2D eigenvalue weighted by Crippen LogP contribution is -2.34. The van der Waals surface area contributed by atoms with Crippen LogP contribution in [-0.4, -0.2) is 45.5 Å². The minimum atomic E-state index is -1.82. The van der Waals surface area contributed by atoms with Crippen LogP contribution in [0, 0.1) is 5.41 Å². The van der Waals surface area contributed by atoms with E-state index in [9.17, 15) is 30.0 Å². The van der Waals surface area contributed by atoms with Crippen molar-refractivity contribution in [2.75, 3.05) is 23.8 Å². The van der Waals surface area contributed by atoms with Crippen LogP contribution in [0.2, 0.25) is 0 Å². The molecule has 0 unspecified atom stereocenters. The van der Waals surface area contributed by atoms with E-state index in [0.29, 0.717) is 35.3 Å². The fraction of sp³-hybridized carbons (Fsp3) is 0.379. The van der Waals surface area contributed by atoms with Gasteiger partial charge < -0.3 is 31.1 Å². The second kappa shape index (κ2) is 14.8. The molecule has 2 aromatic carbocycles. The zero-order chi connectivity index (χ0) is 27.3. The summed E-state index contributed by atoms with van der Waals surface area (Å²) in [5.41, 5.74) is 0.500. The summed E-state index contributed by atoms with van der Waals surface area (Å²) in [5.74, 6) is -0.999. The SMILES string of the molecule is CCCCC(=O)Nc1ccc(C=C(O)C(CO)(CO)C(O)=Cc2ccc(NC(=O)CCCC)cc2)cc1. The molecule has 37 heavy (non-hydrogen) atoms. The van der Waals surface area contributed by atoms with E-state index in [0.717, 1.165) is 25.7 Å². The van der Waals surface area contributed by atoms with Crippen LogP contribution in [0.1, 0.15) is 63.5 Å². The van der Waals surface area contributed by atoms with Gasteiger partial charge in [0.2, 0.25) is 11.8 Å². The van der Waals surface area contributed by atoms with E-state index in [1.54, 1.807) is 48.5 Å². The normalized spacial score (nSPS) is 12.3. The van der Waals surface area contributed by atoms with Gasteiger partial charge in [-0.15, -0.1) is 0 Å². The number of unbranched alkanes of at least 4 members (excludes halogenated alkanes) is 2. The van der Waals surface area contributed by atoms with Crippen LogP contribution in [-0.2, 0) is 9.59 Å². The number of anilines is 2. The lowest BCUT2D eigenvalue weighted by atomic mass is 9.83. The molecule has 0 saturated heterocycles. The molecule has 8 heteroatoms. The molecule has 2 aromatic rings. The van der Waals surface area contributed by atoms with Crippen molar-refractivity contribution in [1.82, 2.24) is 0 Å². The van der Waals surface area contributed by atoms with Crippen LogP contribution in [0.3, 0.4) is 0 Å². The van der Waals surface area contributed by atoms with Gasteiger partial charge in [0.15, 0.2) is 0 Å². The quantitative estimate of drug-likeness (QED) is 0.188. The summed E-state index contributed by atoms with van der Waals surface area (Å²) >= 11 is 0. The van der Waals surface area contributed by atoms with Crippen LogP contribution in [0.15, 0.2) is 60.0 Å². The Kier molecular flexibility index (Phi) is 11.9. The lowest BCUT2D eigenvalue weighted by molar-refractivity contribution is -0.117. The number of aliphatic hydroxyl groups is 4. The maximum Gasteiger partial charge on any atom is 0.224 e. The third-order valence-electron chi connectivity index (χ3n) is 6.03. The summed E-state index contributed by atoms with van der Waals surface area (Å²) in [5, 5.41) is 47.3. The topological polar surface area (TPSA) is 139 Å². The summed E-state index contributed by atoms with van der Waals surface area (Å²) < 4.78 is 0. The van der Waals surface area contributed by atoms with Crippen LogP contribution >= 0.6 is 0 Å². The monoisotopic (exact) mass is 510 g/mol. The number of hydrogen-bond donors (Lipinski definition) is 6. The third-order valence-corrected chi connectivity index (χ3v) is 6.03. The molecule has 0 aliphatic rings. The van der Waals surface area contributed by atoms with Gasteiger partial charge in [-0.2, -0.15) is 0 Å². The molecular weight excluding hydrogens is 472 g/mol. The Morgan fingerprint density at radius 1 is 0.703 bits per heavy atom. The van der Waals surface area contributed by atoms with Crippen molar-refractivity contribution in [2.45, 2.75) is 52.4 Å². The van der Waals surface area contributed by atoms with E-state index in [4.69, 9.17) is 0 Å². The number of rotatable bonds is 14. The Balaban J connectivity index is 2.18. The Morgan fingerprint density at radius 2 is 1.05 bits per heavy atom. The van der Waals surface area contributed by atoms with Crippen molar-refractivity contribution < 1.29 is 30.0 Å². The molecule has 8 nitrogen and oxygen atoms in total. The fourth-order valence-corrected chi connectivity index (χ4v) is 3.54. The first-order valence-electron chi connectivity index (χ1n) is 12.6. The van der Waals surface area contributed by atoms with E-state index in [1.807, 2.05) is 13.8 Å². The van der Waals surface area contributed by atoms with Gasteiger partial charge in [-0.05, 0) is 60.4 Å². The maximum atomic E-state index is 11.9. The molecule has 0 fully saturated rings. The molecule has 0 atom stereocenters. The van der Waals surface area contributed by atoms with Crippen molar-refractivity contribution in [3.05, 3.63) is 71.2 Å². The zero-order valence-electron chi connectivity index (χ0n) is 21.5. The molecule has 0 radical (unpaired) electrons. The van der Waals surface area contributed by atoms with Crippen LogP contribution in [0.25, 0.3) is 12.2 Å². The molecule has 0 aliphatic carbocycles. The highest BCUT2D eigenvalue weighted by Crippen LogP contribution is 2.34. The average Bonchev–Trinajstić information content (AvgIpc) is 2.89. The molecule has 0 spiro atoms. The molecular formula is C29H38N2O6. The van der Waals surface area contributed by atoms with E-state index < -0.39 is 30.1 Å². The molecule has 0 aliphatic heterocycles. The van der Waals surface area contributed by atoms with E-state index >= 15 is 0 Å². The molecule has 0 saturated carbocycles. The predicted molar refractivity (Wildman–Crippen MR) is 147 cm³/mol. The minimum absolute atomic E-state index is 0.0745. The number of nitrogens with one attached hydrogen (secondary N) is 2. The predicted octanol–water partition coefficient (Wildman–Crippen LogP) is 5.41. The van der Waals surface area contributed by atoms with Gasteiger partial charge in [0.05, 0.1) is 13.2 Å². The van der Waals surface area contributed by atoms with Gasteiger partial charge in [-0.3, -0.25) is 9.59 Å². The Morgan fingerprint density at radius 3 is 1.35 bits per heavy atom. The maximum absolute atomic E-state index is 11.9. The van der Waals surface area contributed by atoms with Crippen molar-refractivity contribution >= 4 is 35.3 Å². The smallest absolute Gasteiger partial charge is 0.224 e. The first-order chi connectivity index (χ1) is 17.8. The summed E-state index contributed by atoms with van der Waals surface area (Å²) in [6.45, 7) is 2.54. The summed E-state index contributed by atoms with van der Waals surface area (Å²) in [6.07, 6.45) is 7.04. The van der Waals surface area contributed by atoms with Crippen LogP contribution < -0.4 is 10.6 Å². The Bertz CT molecular complexity index is 987. The first kappa shape index (κ1) is 29.6. The fourth-order valence-electron chi connectivity index (χ4n) is 3.54. The summed E-state index contributed by atoms with van der Waals surface area (Å²) in [4.78, 5) is 23.8. The van der Waals surface area contributed by atoms with Crippen molar-refractivity contribution in [3.8, 4) is 0 Å². The third kappa shape index (κ3) is 8.77. The first-order valence-corrected chi connectivity index (χ1v) is 12.6. The largest absolute Gasteiger partial charge is 0.511 e. The average molecular weight is 511 g/mol. The van der Waals surface area contributed by atoms with Crippen molar-refractivity contribution in [3.63, 3.8) is 0 Å². The highest BCUT2D eigenvalue weighted by Gasteiger charge is 2.38. The molecule has 200 valence electrons. The van der Waals surface area contributed by atoms with Gasteiger partial charge in [0.25, 0.3) is 0 Å². The number of hydrogen-bond acceptors (Lipinski definition) is 6. The molecule has 0 aromatic heterocycles. The Labute approximate surface area is 218 Å². The lowest BCUT2D eigenvalue weighted by Gasteiger charge is -2.28. The highest BCUT2D eigenvalue weighted by atomic mass is 16.3. The van der Waals surface area contributed by atoms with E-state index in [1.165, 1.54) is 12.2 Å². The second-order valence-electron chi connectivity index (χ2n) is 9.00. The Hall–Kier alpha value is -3.62. The number of carbonyl (C=O) groups excluding carboxylic acids is 2. The van der Waals surface area contributed by atoms with Crippen molar-refractivity contribution in [1.29, 1.82) is 0 Å². The van der Waals surface area contributed by atoms with Gasteiger partial charge in [-0.1, -0.05) is 51.0 Å². The zero-order valence-corrected chi connectivity index (χ0v) is 21.5. The van der Waals surface area contributed by atoms with Crippen molar-refractivity contribution in [2.24, 2.45) is 5.41 Å². The van der Waals surface area contributed by atoms with Gasteiger partial charge >= 0.3 is 0 Å². The minimum Gasteiger partial charge on any atom is -0.511 e. The number of amides is 2.